The molecule has 1 aromatic carbocycles. The van der Waals surface area contributed by atoms with Gasteiger partial charge in [-0.05, 0) is 48.6 Å². The summed E-state index contributed by atoms with van der Waals surface area (Å²) in [6.45, 7) is 5.10. The monoisotopic (exact) mass is 321 g/mol. The van der Waals surface area contributed by atoms with Gasteiger partial charge in [0.25, 0.3) is 5.91 Å². The first-order chi connectivity index (χ1) is 7.11. The second-order valence-corrected chi connectivity index (χ2v) is 4.16. The lowest BCUT2D eigenvalue weighted by atomic mass is 10.2. The molecular weight excluding hydrogens is 308 g/mol. The van der Waals surface area contributed by atoms with Gasteiger partial charge in [-0.15, -0.1) is 0 Å². The van der Waals surface area contributed by atoms with Gasteiger partial charge in [-0.25, -0.2) is 4.39 Å². The third-order valence-electron chi connectivity index (χ3n) is 2.23. The largest absolute Gasteiger partial charge is 0.339 e. The van der Waals surface area contributed by atoms with Gasteiger partial charge in [0.2, 0.25) is 0 Å². The molecule has 0 aliphatic rings. The molecule has 1 rings (SSSR count). The van der Waals surface area contributed by atoms with Crippen LogP contribution < -0.4 is 0 Å². The summed E-state index contributed by atoms with van der Waals surface area (Å²) in [5.41, 5.74) is 0.444. The molecule has 0 heterocycles. The fourth-order valence-electron chi connectivity index (χ4n) is 1.35. The van der Waals surface area contributed by atoms with Crippen molar-refractivity contribution < 1.29 is 9.18 Å². The minimum absolute atomic E-state index is 0.107. The van der Waals surface area contributed by atoms with Crippen LogP contribution in [0.3, 0.4) is 0 Å². The van der Waals surface area contributed by atoms with Gasteiger partial charge in [-0.1, -0.05) is 6.07 Å². The van der Waals surface area contributed by atoms with Crippen molar-refractivity contribution in [2.45, 2.75) is 13.8 Å². The molecule has 2 nitrogen and oxygen atoms in total. The number of carbonyl (C=O) groups excluding carboxylic acids is 1. The molecule has 0 saturated carbocycles. The Morgan fingerprint density at radius 3 is 2.53 bits per heavy atom. The molecule has 0 spiro atoms. The van der Waals surface area contributed by atoms with Crippen molar-refractivity contribution in [1.29, 1.82) is 0 Å². The Balaban J connectivity index is 3.05. The van der Waals surface area contributed by atoms with E-state index in [0.29, 0.717) is 22.2 Å². The zero-order chi connectivity index (χ0) is 11.4. The van der Waals surface area contributed by atoms with Crippen LogP contribution in [-0.4, -0.2) is 23.9 Å². The lowest BCUT2D eigenvalue weighted by Gasteiger charge is -2.19. The van der Waals surface area contributed by atoms with Crippen LogP contribution in [0.1, 0.15) is 24.2 Å². The van der Waals surface area contributed by atoms with E-state index in [4.69, 9.17) is 0 Å². The first-order valence-corrected chi connectivity index (χ1v) is 5.93. The van der Waals surface area contributed by atoms with E-state index < -0.39 is 0 Å². The summed E-state index contributed by atoms with van der Waals surface area (Å²) in [6, 6.07) is 4.58. The quantitative estimate of drug-likeness (QED) is 0.784. The van der Waals surface area contributed by atoms with E-state index in [0.717, 1.165) is 0 Å². The second-order valence-electron chi connectivity index (χ2n) is 3.08. The van der Waals surface area contributed by atoms with Gasteiger partial charge in [-0.3, -0.25) is 4.79 Å². The van der Waals surface area contributed by atoms with Gasteiger partial charge in [-0.2, -0.15) is 0 Å². The van der Waals surface area contributed by atoms with E-state index >= 15 is 0 Å². The number of benzene rings is 1. The summed E-state index contributed by atoms with van der Waals surface area (Å²) in [4.78, 5) is 13.6. The highest BCUT2D eigenvalue weighted by Crippen LogP contribution is 2.17. The number of hydrogen-bond acceptors (Lipinski definition) is 1. The molecule has 0 bridgehead atoms. The predicted molar refractivity (Wildman–Crippen MR) is 66.4 cm³/mol. The standard InChI is InChI=1S/C11H13FINO/c1-3-14(4-2)11(15)8-6-5-7-9(12)10(8)13/h5-7H,3-4H2,1-2H3. The maximum Gasteiger partial charge on any atom is 0.255 e. The van der Waals surface area contributed by atoms with Crippen LogP contribution >= 0.6 is 22.6 Å². The van der Waals surface area contributed by atoms with E-state index in [-0.39, 0.29) is 11.7 Å². The highest BCUT2D eigenvalue weighted by atomic mass is 127. The Hall–Kier alpha value is -0.650. The summed E-state index contributed by atoms with van der Waals surface area (Å²) in [7, 11) is 0. The smallest absolute Gasteiger partial charge is 0.255 e. The van der Waals surface area contributed by atoms with Crippen LogP contribution in [0.2, 0.25) is 0 Å². The predicted octanol–water partition coefficient (Wildman–Crippen LogP) is 2.91. The number of hydrogen-bond donors (Lipinski definition) is 0. The van der Waals surface area contributed by atoms with Crippen LogP contribution in [-0.2, 0) is 0 Å². The summed E-state index contributed by atoms with van der Waals surface area (Å²) < 4.78 is 13.6. The van der Waals surface area contributed by atoms with Crippen molar-refractivity contribution in [2.24, 2.45) is 0 Å². The van der Waals surface area contributed by atoms with Crippen molar-refractivity contribution in [3.63, 3.8) is 0 Å². The average molecular weight is 321 g/mol. The van der Waals surface area contributed by atoms with Gasteiger partial charge in [0, 0.05) is 13.1 Å². The van der Waals surface area contributed by atoms with Crippen molar-refractivity contribution in [3.05, 3.63) is 33.1 Å². The van der Waals surface area contributed by atoms with E-state index in [1.54, 1.807) is 17.0 Å². The normalized spacial score (nSPS) is 10.1. The fourth-order valence-corrected chi connectivity index (χ4v) is 1.94. The third kappa shape index (κ3) is 2.68. The maximum atomic E-state index is 13.2. The van der Waals surface area contributed by atoms with E-state index in [9.17, 15) is 9.18 Å². The van der Waals surface area contributed by atoms with Crippen molar-refractivity contribution >= 4 is 28.5 Å². The Morgan fingerprint density at radius 2 is 2.00 bits per heavy atom. The van der Waals surface area contributed by atoms with Crippen LogP contribution in [0.25, 0.3) is 0 Å². The summed E-state index contributed by atoms with van der Waals surface area (Å²) in [5.74, 6) is -0.447. The van der Waals surface area contributed by atoms with Crippen LogP contribution in [0.15, 0.2) is 18.2 Å². The maximum absolute atomic E-state index is 13.2. The molecule has 82 valence electrons. The second kappa shape index (κ2) is 5.44. The Labute approximate surface area is 103 Å². The first-order valence-electron chi connectivity index (χ1n) is 4.85. The average Bonchev–Trinajstić information content (AvgIpc) is 2.23. The molecule has 1 amide bonds. The molecule has 0 radical (unpaired) electrons. The SMILES string of the molecule is CCN(CC)C(=O)c1cccc(F)c1I. The molecule has 0 atom stereocenters. The fraction of sp³-hybridized carbons (Fsp3) is 0.364. The number of halogens is 2. The number of amides is 1. The highest BCUT2D eigenvalue weighted by molar-refractivity contribution is 14.1. The Morgan fingerprint density at radius 1 is 1.40 bits per heavy atom. The lowest BCUT2D eigenvalue weighted by Crippen LogP contribution is -2.31. The molecule has 1 aromatic rings. The molecule has 15 heavy (non-hydrogen) atoms. The Kier molecular flexibility index (Phi) is 4.50. The molecule has 0 unspecified atom stereocenters. The number of nitrogens with zero attached hydrogens (tertiary/aromatic N) is 1. The van der Waals surface area contributed by atoms with Gasteiger partial charge >= 0.3 is 0 Å². The summed E-state index contributed by atoms with van der Waals surface area (Å²) in [5, 5.41) is 0. The van der Waals surface area contributed by atoms with E-state index in [1.165, 1.54) is 6.07 Å². The minimum Gasteiger partial charge on any atom is -0.339 e. The molecule has 0 fully saturated rings. The third-order valence-corrected chi connectivity index (χ3v) is 3.33. The minimum atomic E-state index is -0.339. The molecule has 0 aromatic heterocycles. The summed E-state index contributed by atoms with van der Waals surface area (Å²) >= 11 is 1.86. The zero-order valence-electron chi connectivity index (χ0n) is 8.76. The number of rotatable bonds is 3. The van der Waals surface area contributed by atoms with Crippen molar-refractivity contribution in [1.82, 2.24) is 4.90 Å². The highest BCUT2D eigenvalue weighted by Gasteiger charge is 2.16. The van der Waals surface area contributed by atoms with Crippen molar-refractivity contribution in [3.8, 4) is 0 Å². The first kappa shape index (κ1) is 12.4. The van der Waals surface area contributed by atoms with Crippen molar-refractivity contribution in [2.75, 3.05) is 13.1 Å². The molecule has 0 N–H and O–H groups in total. The lowest BCUT2D eigenvalue weighted by molar-refractivity contribution is 0.0771. The van der Waals surface area contributed by atoms with Gasteiger partial charge in [0.1, 0.15) is 5.82 Å². The van der Waals surface area contributed by atoms with E-state index in [2.05, 4.69) is 0 Å². The molecule has 0 saturated heterocycles. The molecular formula is C11H13FINO. The summed E-state index contributed by atoms with van der Waals surface area (Å²) in [6.07, 6.45) is 0. The van der Waals surface area contributed by atoms with Crippen LogP contribution in [0.4, 0.5) is 4.39 Å². The topological polar surface area (TPSA) is 20.3 Å². The Bertz CT molecular complexity index is 364. The van der Waals surface area contributed by atoms with Crippen LogP contribution in [0.5, 0.6) is 0 Å². The van der Waals surface area contributed by atoms with E-state index in [1.807, 2.05) is 36.4 Å². The number of carbonyl (C=O) groups is 1. The van der Waals surface area contributed by atoms with Gasteiger partial charge in [0.05, 0.1) is 9.13 Å². The molecule has 0 aliphatic heterocycles. The molecule has 0 aliphatic carbocycles. The van der Waals surface area contributed by atoms with Gasteiger partial charge in [0.15, 0.2) is 0 Å². The zero-order valence-corrected chi connectivity index (χ0v) is 10.9. The van der Waals surface area contributed by atoms with Crippen LogP contribution in [0, 0.1) is 9.39 Å². The molecule has 4 heteroatoms. The van der Waals surface area contributed by atoms with Gasteiger partial charge < -0.3 is 4.90 Å².